The lowest BCUT2D eigenvalue weighted by molar-refractivity contribution is -0.128. The number of benzene rings is 2. The molecule has 1 aliphatic rings. The SMILES string of the molecule is CC(C)(C)CC(C)(C)NC(=O)c1ccc([C@@H]2SCC(=O)N2Cc2ccc(Cl)cc2)cc1. The fourth-order valence-electron chi connectivity index (χ4n) is 4.24. The number of carbonyl (C=O) groups excluding carboxylic acids is 2. The van der Waals surface area contributed by atoms with Gasteiger partial charge in [-0.1, -0.05) is 56.6 Å². The summed E-state index contributed by atoms with van der Waals surface area (Å²) in [6.45, 7) is 11.2. The highest BCUT2D eigenvalue weighted by Crippen LogP contribution is 2.39. The second-order valence-electron chi connectivity index (χ2n) is 10.0. The molecule has 0 bridgehead atoms. The van der Waals surface area contributed by atoms with Crippen molar-refractivity contribution in [1.29, 1.82) is 0 Å². The van der Waals surface area contributed by atoms with E-state index >= 15 is 0 Å². The zero-order valence-electron chi connectivity index (χ0n) is 18.9. The molecular weight excluding hydrogens is 428 g/mol. The molecule has 31 heavy (non-hydrogen) atoms. The molecule has 1 N–H and O–H groups in total. The maximum atomic E-state index is 12.8. The molecule has 6 heteroatoms. The van der Waals surface area contributed by atoms with E-state index in [4.69, 9.17) is 11.6 Å². The summed E-state index contributed by atoms with van der Waals surface area (Å²) in [5.74, 6) is 0.506. The standard InChI is InChI=1S/C25H31ClN2O2S/c1-24(2,3)16-25(4,5)27-22(30)18-8-10-19(11-9-18)23-28(21(29)15-31-23)14-17-6-12-20(26)13-7-17/h6-13,23H,14-16H2,1-5H3,(H,27,30)/t23-/m0/s1. The first-order chi connectivity index (χ1) is 14.4. The summed E-state index contributed by atoms with van der Waals surface area (Å²) >= 11 is 7.59. The van der Waals surface area contributed by atoms with E-state index in [1.165, 1.54) is 0 Å². The number of rotatable bonds is 6. The van der Waals surface area contributed by atoms with Crippen LogP contribution in [0.4, 0.5) is 0 Å². The van der Waals surface area contributed by atoms with Crippen molar-refractivity contribution in [3.8, 4) is 0 Å². The Hall–Kier alpha value is -1.98. The van der Waals surface area contributed by atoms with Gasteiger partial charge in [-0.3, -0.25) is 9.59 Å². The highest BCUT2D eigenvalue weighted by molar-refractivity contribution is 8.00. The van der Waals surface area contributed by atoms with Crippen LogP contribution >= 0.6 is 23.4 Å². The summed E-state index contributed by atoms with van der Waals surface area (Å²) in [5.41, 5.74) is 2.53. The highest BCUT2D eigenvalue weighted by Gasteiger charge is 2.33. The molecular formula is C25H31ClN2O2S. The molecule has 2 aromatic rings. The van der Waals surface area contributed by atoms with Gasteiger partial charge in [-0.05, 0) is 61.1 Å². The van der Waals surface area contributed by atoms with Gasteiger partial charge in [0.05, 0.1) is 5.75 Å². The van der Waals surface area contributed by atoms with Crippen molar-refractivity contribution in [2.24, 2.45) is 5.41 Å². The normalized spacial score (nSPS) is 17.2. The Balaban J connectivity index is 1.70. The number of thioether (sulfide) groups is 1. The first-order valence-electron chi connectivity index (χ1n) is 10.5. The maximum absolute atomic E-state index is 12.8. The predicted molar refractivity (Wildman–Crippen MR) is 129 cm³/mol. The van der Waals surface area contributed by atoms with E-state index in [0.717, 1.165) is 17.5 Å². The molecule has 1 heterocycles. The van der Waals surface area contributed by atoms with Crippen LogP contribution < -0.4 is 5.32 Å². The Kier molecular flexibility index (Phi) is 7.07. The third-order valence-electron chi connectivity index (χ3n) is 5.12. The average molecular weight is 459 g/mol. The minimum Gasteiger partial charge on any atom is -0.347 e. The number of nitrogens with one attached hydrogen (secondary N) is 1. The minimum absolute atomic E-state index is 0.0578. The molecule has 1 atom stereocenters. The van der Waals surface area contributed by atoms with Crippen LogP contribution in [-0.2, 0) is 11.3 Å². The van der Waals surface area contributed by atoms with Gasteiger partial charge in [0.1, 0.15) is 5.37 Å². The Morgan fingerprint density at radius 3 is 2.26 bits per heavy atom. The summed E-state index contributed by atoms with van der Waals surface area (Å²) in [7, 11) is 0. The van der Waals surface area contributed by atoms with Crippen molar-refractivity contribution >= 4 is 35.2 Å². The summed E-state index contributed by atoms with van der Waals surface area (Å²) in [6.07, 6.45) is 0.879. The second-order valence-corrected chi connectivity index (χ2v) is 11.5. The van der Waals surface area contributed by atoms with Crippen molar-refractivity contribution in [1.82, 2.24) is 10.2 Å². The number of carbonyl (C=O) groups is 2. The second kappa shape index (κ2) is 9.25. The summed E-state index contributed by atoms with van der Waals surface area (Å²) in [4.78, 5) is 27.1. The van der Waals surface area contributed by atoms with Gasteiger partial charge in [-0.25, -0.2) is 0 Å². The Morgan fingerprint density at radius 1 is 1.06 bits per heavy atom. The molecule has 3 rings (SSSR count). The summed E-state index contributed by atoms with van der Waals surface area (Å²) in [5, 5.41) is 3.78. The van der Waals surface area contributed by atoms with Gasteiger partial charge in [0.25, 0.3) is 5.91 Å². The van der Waals surface area contributed by atoms with Gasteiger partial charge >= 0.3 is 0 Å². The van der Waals surface area contributed by atoms with E-state index in [-0.39, 0.29) is 28.1 Å². The first kappa shape index (κ1) is 23.7. The van der Waals surface area contributed by atoms with Crippen LogP contribution in [0.5, 0.6) is 0 Å². The molecule has 2 aromatic carbocycles. The molecule has 166 valence electrons. The molecule has 0 saturated carbocycles. The molecule has 0 aromatic heterocycles. The number of halogens is 1. The van der Waals surface area contributed by atoms with Crippen LogP contribution in [0, 0.1) is 5.41 Å². The molecule has 2 amide bonds. The fraction of sp³-hybridized carbons (Fsp3) is 0.440. The maximum Gasteiger partial charge on any atom is 0.251 e. The van der Waals surface area contributed by atoms with Crippen molar-refractivity contribution < 1.29 is 9.59 Å². The quantitative estimate of drug-likeness (QED) is 0.572. The lowest BCUT2D eigenvalue weighted by Crippen LogP contribution is -2.45. The van der Waals surface area contributed by atoms with Gasteiger partial charge in [-0.15, -0.1) is 11.8 Å². The monoisotopic (exact) mass is 458 g/mol. The summed E-state index contributed by atoms with van der Waals surface area (Å²) < 4.78 is 0. The molecule has 0 aliphatic carbocycles. The summed E-state index contributed by atoms with van der Waals surface area (Å²) in [6, 6.07) is 15.2. The third-order valence-corrected chi connectivity index (χ3v) is 6.62. The van der Waals surface area contributed by atoms with E-state index in [1.807, 2.05) is 53.4 Å². The zero-order chi connectivity index (χ0) is 22.8. The Labute approximate surface area is 194 Å². The van der Waals surface area contributed by atoms with Crippen LogP contribution in [0.2, 0.25) is 5.02 Å². The molecule has 0 unspecified atom stereocenters. The molecule has 1 saturated heterocycles. The van der Waals surface area contributed by atoms with E-state index in [9.17, 15) is 9.59 Å². The first-order valence-corrected chi connectivity index (χ1v) is 11.9. The van der Waals surface area contributed by atoms with Crippen molar-refractivity contribution in [3.05, 3.63) is 70.2 Å². The van der Waals surface area contributed by atoms with E-state index in [1.54, 1.807) is 11.8 Å². The molecule has 4 nitrogen and oxygen atoms in total. The fourth-order valence-corrected chi connectivity index (χ4v) is 5.55. The Bertz CT molecular complexity index is 933. The van der Waals surface area contributed by atoms with Crippen LogP contribution in [0.15, 0.2) is 48.5 Å². The number of amides is 2. The Morgan fingerprint density at radius 2 is 1.68 bits per heavy atom. The van der Waals surface area contributed by atoms with E-state index in [0.29, 0.717) is 22.9 Å². The molecule has 1 aliphatic heterocycles. The van der Waals surface area contributed by atoms with Gasteiger partial charge in [0.2, 0.25) is 5.91 Å². The van der Waals surface area contributed by atoms with E-state index in [2.05, 4.69) is 39.9 Å². The van der Waals surface area contributed by atoms with Gasteiger partial charge in [0.15, 0.2) is 0 Å². The van der Waals surface area contributed by atoms with Gasteiger partial charge in [-0.2, -0.15) is 0 Å². The minimum atomic E-state index is -0.295. The zero-order valence-corrected chi connectivity index (χ0v) is 20.4. The van der Waals surface area contributed by atoms with Gasteiger partial charge in [0, 0.05) is 22.7 Å². The third kappa shape index (κ3) is 6.50. The number of hydrogen-bond donors (Lipinski definition) is 1. The molecule has 0 radical (unpaired) electrons. The van der Waals surface area contributed by atoms with Crippen LogP contribution in [0.1, 0.15) is 67.9 Å². The number of nitrogens with zero attached hydrogens (tertiary/aromatic N) is 1. The van der Waals surface area contributed by atoms with E-state index < -0.39 is 0 Å². The van der Waals surface area contributed by atoms with Crippen LogP contribution in [0.25, 0.3) is 0 Å². The van der Waals surface area contributed by atoms with Crippen molar-refractivity contribution in [2.75, 3.05) is 5.75 Å². The lowest BCUT2D eigenvalue weighted by Gasteiger charge is -2.33. The smallest absolute Gasteiger partial charge is 0.251 e. The average Bonchev–Trinajstić information content (AvgIpc) is 3.02. The highest BCUT2D eigenvalue weighted by atomic mass is 35.5. The van der Waals surface area contributed by atoms with Crippen LogP contribution in [0.3, 0.4) is 0 Å². The predicted octanol–water partition coefficient (Wildman–Crippen LogP) is 6.06. The van der Waals surface area contributed by atoms with Crippen LogP contribution in [-0.4, -0.2) is 28.0 Å². The lowest BCUT2D eigenvalue weighted by atomic mass is 9.81. The van der Waals surface area contributed by atoms with Crippen molar-refractivity contribution in [3.63, 3.8) is 0 Å². The van der Waals surface area contributed by atoms with Gasteiger partial charge < -0.3 is 10.2 Å². The largest absolute Gasteiger partial charge is 0.347 e. The number of hydrogen-bond acceptors (Lipinski definition) is 3. The molecule has 1 fully saturated rings. The topological polar surface area (TPSA) is 49.4 Å². The van der Waals surface area contributed by atoms with Crippen molar-refractivity contribution in [2.45, 2.75) is 58.5 Å². The molecule has 0 spiro atoms.